The van der Waals surface area contributed by atoms with E-state index in [1.54, 1.807) is 19.1 Å². The fraction of sp³-hybridized carbons (Fsp3) is 0.321. The summed E-state index contributed by atoms with van der Waals surface area (Å²) in [7, 11) is -3.83. The number of benzene rings is 2. The van der Waals surface area contributed by atoms with Crippen LogP contribution in [0, 0.1) is 26.7 Å². The summed E-state index contributed by atoms with van der Waals surface area (Å²) >= 11 is 0. The first-order valence-electron chi connectivity index (χ1n) is 12.6. The van der Waals surface area contributed by atoms with Crippen LogP contribution < -0.4 is 5.32 Å². The Hall–Kier alpha value is -3.76. The number of fused-ring (bicyclic) bond motifs is 1. The Labute approximate surface area is 222 Å². The van der Waals surface area contributed by atoms with Crippen LogP contribution in [0.2, 0.25) is 0 Å². The van der Waals surface area contributed by atoms with Crippen molar-refractivity contribution in [3.8, 4) is 0 Å². The van der Waals surface area contributed by atoms with Crippen molar-refractivity contribution in [1.82, 2.24) is 24.7 Å². The van der Waals surface area contributed by atoms with Crippen LogP contribution in [-0.4, -0.2) is 46.8 Å². The van der Waals surface area contributed by atoms with Crippen LogP contribution in [0.1, 0.15) is 46.8 Å². The second kappa shape index (κ2) is 10.5. The number of nitrogens with zero attached hydrogens (tertiary/aromatic N) is 3. The Kier molecular flexibility index (Phi) is 7.18. The number of aromatic amines is 1. The lowest BCUT2D eigenvalue weighted by atomic mass is 9.97. The minimum Gasteiger partial charge on any atom is -0.355 e. The number of amides is 1. The summed E-state index contributed by atoms with van der Waals surface area (Å²) in [5.41, 5.74) is 5.31. The number of piperidine rings is 1. The third kappa shape index (κ3) is 5.41. The SMILES string of the molecule is Cc1ccc(/C=C/c2onc(C)c2S(=O)(=O)N2CCC(C(=O)NCc3nc4ccc(C)cc4[nH]3)CC2)cc1. The number of sulfonamides is 1. The van der Waals surface area contributed by atoms with Crippen LogP contribution in [0.15, 0.2) is 51.9 Å². The van der Waals surface area contributed by atoms with E-state index >= 15 is 0 Å². The minimum absolute atomic E-state index is 0.0730. The largest absolute Gasteiger partial charge is 0.355 e. The molecule has 4 aromatic rings. The van der Waals surface area contributed by atoms with Gasteiger partial charge in [0.05, 0.1) is 17.6 Å². The van der Waals surface area contributed by atoms with E-state index in [0.717, 1.165) is 27.7 Å². The van der Waals surface area contributed by atoms with Crippen LogP contribution in [0.5, 0.6) is 0 Å². The molecule has 0 aliphatic carbocycles. The molecule has 1 aliphatic heterocycles. The number of H-pyrrole nitrogens is 1. The van der Waals surface area contributed by atoms with E-state index in [0.29, 0.717) is 30.9 Å². The van der Waals surface area contributed by atoms with Gasteiger partial charge < -0.3 is 14.8 Å². The average Bonchev–Trinajstić information content (AvgIpc) is 3.49. The number of carbonyl (C=O) groups excluding carboxylic acids is 1. The Morgan fingerprint density at radius 3 is 2.53 bits per heavy atom. The molecule has 9 nitrogen and oxygen atoms in total. The molecule has 0 bridgehead atoms. The van der Waals surface area contributed by atoms with Gasteiger partial charge in [0, 0.05) is 19.0 Å². The van der Waals surface area contributed by atoms with Gasteiger partial charge >= 0.3 is 0 Å². The highest BCUT2D eigenvalue weighted by atomic mass is 32.2. The van der Waals surface area contributed by atoms with Crippen molar-refractivity contribution in [2.24, 2.45) is 5.92 Å². The molecule has 0 saturated carbocycles. The van der Waals surface area contributed by atoms with Gasteiger partial charge in [-0.05, 0) is 62.9 Å². The summed E-state index contributed by atoms with van der Waals surface area (Å²) in [6.45, 7) is 6.43. The highest BCUT2D eigenvalue weighted by Gasteiger charge is 2.35. The van der Waals surface area contributed by atoms with E-state index < -0.39 is 10.0 Å². The standard InChI is InChI=1S/C28H31N5O4S/c1-18-4-7-21(8-5-18)9-11-25-27(20(3)32-37-25)38(35,36)33-14-12-22(13-15-33)28(34)29-17-26-30-23-10-6-19(2)16-24(23)31-26/h4-11,16,22H,12-15,17H2,1-3H3,(H,29,34)(H,30,31)/b11-9+. The first kappa shape index (κ1) is 25.9. The summed E-state index contributed by atoms with van der Waals surface area (Å²) in [6, 6.07) is 13.8. The van der Waals surface area contributed by atoms with Gasteiger partial charge in [-0.2, -0.15) is 4.31 Å². The second-order valence-corrected chi connectivity index (χ2v) is 11.7. The fourth-order valence-electron chi connectivity index (χ4n) is 4.71. The number of hydrogen-bond donors (Lipinski definition) is 2. The van der Waals surface area contributed by atoms with Crippen LogP contribution in [0.25, 0.3) is 23.2 Å². The van der Waals surface area contributed by atoms with Crippen molar-refractivity contribution in [3.05, 3.63) is 76.4 Å². The van der Waals surface area contributed by atoms with E-state index in [1.165, 1.54) is 4.31 Å². The lowest BCUT2D eigenvalue weighted by Gasteiger charge is -2.30. The van der Waals surface area contributed by atoms with Crippen molar-refractivity contribution in [2.45, 2.75) is 45.1 Å². The molecule has 1 amide bonds. The Morgan fingerprint density at radius 1 is 1.08 bits per heavy atom. The maximum atomic E-state index is 13.5. The number of rotatable bonds is 7. The first-order valence-corrected chi connectivity index (χ1v) is 14.1. The monoisotopic (exact) mass is 533 g/mol. The molecule has 0 unspecified atom stereocenters. The summed E-state index contributed by atoms with van der Waals surface area (Å²) in [5.74, 6) is 0.524. The quantitative estimate of drug-likeness (QED) is 0.364. The van der Waals surface area contributed by atoms with Gasteiger partial charge in [-0.1, -0.05) is 47.1 Å². The predicted molar refractivity (Wildman–Crippen MR) is 146 cm³/mol. The third-order valence-corrected chi connectivity index (χ3v) is 8.93. The molecule has 1 aliphatic rings. The number of imidazole rings is 1. The molecule has 38 heavy (non-hydrogen) atoms. The van der Waals surface area contributed by atoms with Crippen LogP contribution >= 0.6 is 0 Å². The Morgan fingerprint density at radius 2 is 1.79 bits per heavy atom. The topological polar surface area (TPSA) is 121 Å². The zero-order valence-electron chi connectivity index (χ0n) is 21.7. The zero-order chi connectivity index (χ0) is 26.9. The van der Waals surface area contributed by atoms with E-state index in [-0.39, 0.29) is 35.6 Å². The number of hydrogen-bond acceptors (Lipinski definition) is 6. The Balaban J connectivity index is 1.21. The molecular weight excluding hydrogens is 502 g/mol. The Bertz CT molecular complexity index is 1590. The maximum Gasteiger partial charge on any atom is 0.248 e. The average molecular weight is 534 g/mol. The number of carbonyl (C=O) groups is 1. The molecule has 2 N–H and O–H groups in total. The molecule has 0 radical (unpaired) electrons. The van der Waals surface area contributed by atoms with Crippen LogP contribution in [-0.2, 0) is 21.4 Å². The molecule has 3 heterocycles. The molecule has 5 rings (SSSR count). The second-order valence-electron chi connectivity index (χ2n) is 9.81. The van der Waals surface area contributed by atoms with Crippen molar-refractivity contribution < 1.29 is 17.7 Å². The van der Waals surface area contributed by atoms with Gasteiger partial charge in [-0.25, -0.2) is 13.4 Å². The number of aryl methyl sites for hydroxylation is 3. The summed E-state index contributed by atoms with van der Waals surface area (Å²) in [5, 5.41) is 6.86. The molecule has 1 fully saturated rings. The first-order chi connectivity index (χ1) is 18.2. The molecular formula is C28H31N5O4S. The van der Waals surface area contributed by atoms with E-state index in [4.69, 9.17) is 4.52 Å². The molecule has 0 spiro atoms. The molecule has 2 aromatic carbocycles. The highest BCUT2D eigenvalue weighted by Crippen LogP contribution is 2.29. The molecule has 1 saturated heterocycles. The van der Waals surface area contributed by atoms with E-state index in [1.807, 2.05) is 56.3 Å². The number of nitrogens with one attached hydrogen (secondary N) is 2. The summed E-state index contributed by atoms with van der Waals surface area (Å²) < 4.78 is 33.8. The van der Waals surface area contributed by atoms with Gasteiger partial charge in [0.2, 0.25) is 15.9 Å². The van der Waals surface area contributed by atoms with Gasteiger partial charge in [-0.3, -0.25) is 4.79 Å². The van der Waals surface area contributed by atoms with Crippen molar-refractivity contribution in [2.75, 3.05) is 13.1 Å². The van der Waals surface area contributed by atoms with Crippen molar-refractivity contribution in [1.29, 1.82) is 0 Å². The predicted octanol–water partition coefficient (Wildman–Crippen LogP) is 4.36. The minimum atomic E-state index is -3.83. The third-order valence-electron chi connectivity index (χ3n) is 6.88. The van der Waals surface area contributed by atoms with E-state index in [9.17, 15) is 13.2 Å². The molecule has 10 heteroatoms. The maximum absolute atomic E-state index is 13.5. The lowest BCUT2D eigenvalue weighted by Crippen LogP contribution is -2.43. The summed E-state index contributed by atoms with van der Waals surface area (Å²) in [6.07, 6.45) is 4.31. The zero-order valence-corrected chi connectivity index (χ0v) is 22.5. The van der Waals surface area contributed by atoms with E-state index in [2.05, 4.69) is 20.4 Å². The van der Waals surface area contributed by atoms with Gasteiger partial charge in [-0.15, -0.1) is 0 Å². The number of aromatic nitrogens is 3. The van der Waals surface area contributed by atoms with Crippen molar-refractivity contribution >= 4 is 39.1 Å². The van der Waals surface area contributed by atoms with Crippen LogP contribution in [0.3, 0.4) is 0 Å². The smallest absolute Gasteiger partial charge is 0.248 e. The summed E-state index contributed by atoms with van der Waals surface area (Å²) in [4.78, 5) is 20.7. The lowest BCUT2D eigenvalue weighted by molar-refractivity contribution is -0.126. The van der Waals surface area contributed by atoms with Gasteiger partial charge in [0.25, 0.3) is 0 Å². The van der Waals surface area contributed by atoms with Gasteiger partial charge in [0.15, 0.2) is 10.7 Å². The fourth-order valence-corrected chi connectivity index (χ4v) is 6.43. The molecule has 2 aromatic heterocycles. The van der Waals surface area contributed by atoms with Crippen LogP contribution in [0.4, 0.5) is 0 Å². The van der Waals surface area contributed by atoms with Crippen molar-refractivity contribution in [3.63, 3.8) is 0 Å². The normalized spacial score (nSPS) is 15.4. The van der Waals surface area contributed by atoms with Gasteiger partial charge in [0.1, 0.15) is 11.5 Å². The highest BCUT2D eigenvalue weighted by molar-refractivity contribution is 7.89. The molecule has 198 valence electrons. The molecule has 0 atom stereocenters.